The molecule has 0 fully saturated rings. The molecule has 0 amide bonds. The molecule has 0 spiro atoms. The SMILES string of the molecule is COc1cc(CNc2cccc(Cl)c2C)cc(OC)c1O. The molecule has 5 heteroatoms. The third kappa shape index (κ3) is 3.34. The molecule has 0 saturated carbocycles. The zero-order chi connectivity index (χ0) is 15.4. The van der Waals surface area contributed by atoms with Crippen LogP contribution in [-0.2, 0) is 6.54 Å². The van der Waals surface area contributed by atoms with Gasteiger partial charge in [-0.1, -0.05) is 17.7 Å². The van der Waals surface area contributed by atoms with Gasteiger partial charge in [0.15, 0.2) is 11.5 Å². The number of rotatable bonds is 5. The highest BCUT2D eigenvalue weighted by Crippen LogP contribution is 2.37. The van der Waals surface area contributed by atoms with Crippen molar-refractivity contribution in [3.8, 4) is 17.2 Å². The van der Waals surface area contributed by atoms with E-state index in [1.54, 1.807) is 12.1 Å². The third-order valence-corrected chi connectivity index (χ3v) is 3.70. The minimum Gasteiger partial charge on any atom is -0.502 e. The summed E-state index contributed by atoms with van der Waals surface area (Å²) in [6, 6.07) is 9.26. The highest BCUT2D eigenvalue weighted by molar-refractivity contribution is 6.31. The molecule has 0 radical (unpaired) electrons. The largest absolute Gasteiger partial charge is 0.502 e. The van der Waals surface area contributed by atoms with Crippen LogP contribution < -0.4 is 14.8 Å². The van der Waals surface area contributed by atoms with E-state index in [1.165, 1.54) is 14.2 Å². The Morgan fingerprint density at radius 2 is 1.76 bits per heavy atom. The Bertz CT molecular complexity index is 618. The van der Waals surface area contributed by atoms with Crippen molar-refractivity contribution in [2.24, 2.45) is 0 Å². The van der Waals surface area contributed by atoms with Gasteiger partial charge in [-0.05, 0) is 42.3 Å². The van der Waals surface area contributed by atoms with Gasteiger partial charge in [0.25, 0.3) is 0 Å². The van der Waals surface area contributed by atoms with Crippen LogP contribution in [-0.4, -0.2) is 19.3 Å². The fourth-order valence-corrected chi connectivity index (χ4v) is 2.22. The fourth-order valence-electron chi connectivity index (χ4n) is 2.05. The number of phenolic OH excluding ortho intramolecular Hbond substituents is 1. The Kier molecular flexibility index (Phi) is 4.81. The predicted molar refractivity (Wildman–Crippen MR) is 84.7 cm³/mol. The van der Waals surface area contributed by atoms with Crippen molar-refractivity contribution in [2.75, 3.05) is 19.5 Å². The molecule has 0 aliphatic heterocycles. The zero-order valence-corrected chi connectivity index (χ0v) is 13.0. The number of aromatic hydroxyl groups is 1. The van der Waals surface area contributed by atoms with E-state index in [4.69, 9.17) is 21.1 Å². The van der Waals surface area contributed by atoms with Crippen LogP contribution in [0.4, 0.5) is 5.69 Å². The summed E-state index contributed by atoms with van der Waals surface area (Å²) in [6.07, 6.45) is 0. The Morgan fingerprint density at radius 1 is 1.14 bits per heavy atom. The summed E-state index contributed by atoms with van der Waals surface area (Å²) in [6.45, 7) is 2.52. The first-order valence-corrected chi connectivity index (χ1v) is 6.87. The summed E-state index contributed by atoms with van der Waals surface area (Å²) in [5.41, 5.74) is 2.89. The van der Waals surface area contributed by atoms with E-state index in [1.807, 2.05) is 25.1 Å². The first kappa shape index (κ1) is 15.3. The van der Waals surface area contributed by atoms with Gasteiger partial charge in [-0.3, -0.25) is 0 Å². The lowest BCUT2D eigenvalue weighted by molar-refractivity contribution is 0.339. The zero-order valence-electron chi connectivity index (χ0n) is 12.2. The van der Waals surface area contributed by atoms with Crippen LogP contribution in [0.15, 0.2) is 30.3 Å². The second-order valence-corrected chi connectivity index (χ2v) is 5.02. The number of halogens is 1. The normalized spacial score (nSPS) is 10.3. The van der Waals surface area contributed by atoms with E-state index in [2.05, 4.69) is 5.32 Å². The topological polar surface area (TPSA) is 50.7 Å². The molecule has 21 heavy (non-hydrogen) atoms. The number of methoxy groups -OCH3 is 2. The summed E-state index contributed by atoms with van der Waals surface area (Å²) in [5, 5.41) is 13.9. The summed E-state index contributed by atoms with van der Waals surface area (Å²) < 4.78 is 10.3. The van der Waals surface area contributed by atoms with Crippen molar-refractivity contribution >= 4 is 17.3 Å². The second-order valence-electron chi connectivity index (χ2n) is 4.61. The number of hydrogen-bond donors (Lipinski definition) is 2. The molecule has 0 saturated heterocycles. The summed E-state index contributed by atoms with van der Waals surface area (Å²) in [5.74, 6) is 0.769. The molecule has 0 unspecified atom stereocenters. The highest BCUT2D eigenvalue weighted by atomic mass is 35.5. The lowest BCUT2D eigenvalue weighted by Gasteiger charge is -2.14. The number of anilines is 1. The maximum atomic E-state index is 9.89. The van der Waals surface area contributed by atoms with Gasteiger partial charge in [-0.25, -0.2) is 0 Å². The fraction of sp³-hybridized carbons (Fsp3) is 0.250. The van der Waals surface area contributed by atoms with E-state index in [9.17, 15) is 5.11 Å². The van der Waals surface area contributed by atoms with Crippen LogP contribution in [0.3, 0.4) is 0 Å². The smallest absolute Gasteiger partial charge is 0.200 e. The maximum Gasteiger partial charge on any atom is 0.200 e. The quantitative estimate of drug-likeness (QED) is 0.877. The van der Waals surface area contributed by atoms with Gasteiger partial charge in [-0.2, -0.15) is 0 Å². The number of ether oxygens (including phenoxy) is 2. The van der Waals surface area contributed by atoms with Gasteiger partial charge < -0.3 is 19.9 Å². The van der Waals surface area contributed by atoms with E-state index in [0.29, 0.717) is 18.0 Å². The number of nitrogens with one attached hydrogen (secondary N) is 1. The number of hydrogen-bond acceptors (Lipinski definition) is 4. The second kappa shape index (κ2) is 6.59. The van der Waals surface area contributed by atoms with E-state index in [0.717, 1.165) is 21.8 Å². The summed E-state index contributed by atoms with van der Waals surface area (Å²) in [4.78, 5) is 0. The summed E-state index contributed by atoms with van der Waals surface area (Å²) >= 11 is 6.10. The van der Waals surface area contributed by atoms with Crippen LogP contribution in [0.25, 0.3) is 0 Å². The molecule has 0 aromatic heterocycles. The van der Waals surface area contributed by atoms with Crippen molar-refractivity contribution < 1.29 is 14.6 Å². The molecule has 0 bridgehead atoms. The van der Waals surface area contributed by atoms with Crippen molar-refractivity contribution in [3.63, 3.8) is 0 Å². The Labute approximate surface area is 129 Å². The van der Waals surface area contributed by atoms with Crippen molar-refractivity contribution in [1.29, 1.82) is 0 Å². The molecule has 4 nitrogen and oxygen atoms in total. The average Bonchev–Trinajstić information content (AvgIpc) is 2.49. The minimum absolute atomic E-state index is 0.00249. The van der Waals surface area contributed by atoms with E-state index < -0.39 is 0 Å². The van der Waals surface area contributed by atoms with Crippen LogP contribution in [0.5, 0.6) is 17.2 Å². The predicted octanol–water partition coefficient (Wildman–Crippen LogP) is 3.98. The van der Waals surface area contributed by atoms with Crippen molar-refractivity contribution in [3.05, 3.63) is 46.5 Å². The van der Waals surface area contributed by atoms with Crippen LogP contribution in [0, 0.1) is 6.92 Å². The molecule has 112 valence electrons. The molecular formula is C16H18ClNO3. The van der Waals surface area contributed by atoms with Crippen LogP contribution >= 0.6 is 11.6 Å². The van der Waals surface area contributed by atoms with Crippen LogP contribution in [0.2, 0.25) is 5.02 Å². The minimum atomic E-state index is 0.00249. The molecule has 0 aliphatic carbocycles. The van der Waals surface area contributed by atoms with Crippen molar-refractivity contribution in [2.45, 2.75) is 13.5 Å². The number of phenols is 1. The molecule has 2 aromatic carbocycles. The molecular weight excluding hydrogens is 290 g/mol. The van der Waals surface area contributed by atoms with Crippen LogP contribution in [0.1, 0.15) is 11.1 Å². The van der Waals surface area contributed by atoms with Gasteiger partial charge in [0, 0.05) is 17.3 Å². The van der Waals surface area contributed by atoms with Gasteiger partial charge in [0.1, 0.15) is 0 Å². The lowest BCUT2D eigenvalue weighted by Crippen LogP contribution is -2.02. The van der Waals surface area contributed by atoms with Crippen molar-refractivity contribution in [1.82, 2.24) is 0 Å². The van der Waals surface area contributed by atoms with Gasteiger partial charge >= 0.3 is 0 Å². The maximum absolute atomic E-state index is 9.89. The standard InChI is InChI=1S/C16H18ClNO3/c1-10-12(17)5-4-6-13(10)18-9-11-7-14(20-2)16(19)15(8-11)21-3/h4-8,18-19H,9H2,1-3H3. The molecule has 2 N–H and O–H groups in total. The molecule has 2 aromatic rings. The first-order chi connectivity index (χ1) is 10.1. The molecule has 0 aliphatic rings. The molecule has 0 heterocycles. The Morgan fingerprint density at radius 3 is 2.33 bits per heavy atom. The molecule has 2 rings (SSSR count). The molecule has 0 atom stereocenters. The van der Waals surface area contributed by atoms with Gasteiger partial charge in [0.05, 0.1) is 14.2 Å². The van der Waals surface area contributed by atoms with E-state index >= 15 is 0 Å². The average molecular weight is 308 g/mol. The highest BCUT2D eigenvalue weighted by Gasteiger charge is 2.11. The lowest BCUT2D eigenvalue weighted by atomic mass is 10.1. The first-order valence-electron chi connectivity index (χ1n) is 6.49. The van der Waals surface area contributed by atoms with Gasteiger partial charge in [0.2, 0.25) is 5.75 Å². The summed E-state index contributed by atoms with van der Waals surface area (Å²) in [7, 11) is 3.01. The Balaban J connectivity index is 2.22. The van der Waals surface area contributed by atoms with E-state index in [-0.39, 0.29) is 5.75 Å². The van der Waals surface area contributed by atoms with Gasteiger partial charge in [-0.15, -0.1) is 0 Å². The number of benzene rings is 2. The Hall–Kier alpha value is -2.07. The third-order valence-electron chi connectivity index (χ3n) is 3.29. The monoisotopic (exact) mass is 307 g/mol.